The molecule has 3 fully saturated rings. The van der Waals surface area contributed by atoms with Crippen LogP contribution < -0.4 is 5.32 Å². The lowest BCUT2D eigenvalue weighted by atomic mass is 9.96. The number of nitrogens with one attached hydrogen (secondary N) is 1. The first kappa shape index (κ1) is 80.9. The van der Waals surface area contributed by atoms with Crippen molar-refractivity contribution in [2.75, 3.05) is 26.4 Å². The van der Waals surface area contributed by atoms with E-state index >= 15 is 0 Å². The molecule has 0 radical (unpaired) electrons. The van der Waals surface area contributed by atoms with Gasteiger partial charge in [-0.1, -0.05) is 205 Å². The Bertz CT molecular complexity index is 2220. The van der Waals surface area contributed by atoms with Crippen LogP contribution >= 0.6 is 0 Å². The Kier molecular flexibility index (Phi) is 46.2. The minimum Gasteiger partial charge on any atom is -0.394 e. The van der Waals surface area contributed by atoms with Crippen LogP contribution in [0.1, 0.15) is 168 Å². The molecule has 3 saturated heterocycles. The van der Waals surface area contributed by atoms with Crippen molar-refractivity contribution < 1.29 is 89.4 Å². The maximum absolute atomic E-state index is 13.3. The number of aliphatic hydroxyl groups is 11. The van der Waals surface area contributed by atoms with E-state index in [0.717, 1.165) is 116 Å². The number of ether oxygens (including phenoxy) is 6. The Hall–Kier alpha value is -4.33. The van der Waals surface area contributed by atoms with E-state index in [9.17, 15) is 61.0 Å². The van der Waals surface area contributed by atoms with Crippen molar-refractivity contribution in [3.8, 4) is 0 Å². The average molecular weight is 1280 g/mol. The summed E-state index contributed by atoms with van der Waals surface area (Å²) in [6.45, 7) is 1.50. The van der Waals surface area contributed by atoms with Gasteiger partial charge in [-0.05, 0) is 103 Å². The van der Waals surface area contributed by atoms with Crippen LogP contribution in [0.3, 0.4) is 0 Å². The Morgan fingerprint density at radius 3 is 1.19 bits per heavy atom. The number of rotatable bonds is 48. The summed E-state index contributed by atoms with van der Waals surface area (Å²) >= 11 is 0. The van der Waals surface area contributed by atoms with E-state index in [1.165, 1.54) is 25.7 Å². The summed E-state index contributed by atoms with van der Waals surface area (Å²) in [6, 6.07) is -1.000. The zero-order valence-corrected chi connectivity index (χ0v) is 54.2. The van der Waals surface area contributed by atoms with Crippen molar-refractivity contribution in [3.63, 3.8) is 0 Å². The highest BCUT2D eigenvalue weighted by atomic mass is 16.8. The summed E-state index contributed by atoms with van der Waals surface area (Å²) in [4.78, 5) is 13.3. The third-order valence-corrected chi connectivity index (χ3v) is 15.6. The molecule has 17 unspecified atom stereocenters. The highest BCUT2D eigenvalue weighted by Gasteiger charge is 2.53. The molecule has 19 heteroatoms. The number of hydrogen-bond donors (Lipinski definition) is 12. The second kappa shape index (κ2) is 52.0. The van der Waals surface area contributed by atoms with Crippen molar-refractivity contribution >= 4 is 5.91 Å². The molecule has 0 aliphatic carbocycles. The third-order valence-electron chi connectivity index (χ3n) is 15.6. The molecule has 12 N–H and O–H groups in total. The summed E-state index contributed by atoms with van der Waals surface area (Å²) in [6.07, 6.45) is 47.2. The Morgan fingerprint density at radius 1 is 0.407 bits per heavy atom. The Balaban J connectivity index is 1.36. The van der Waals surface area contributed by atoms with Crippen LogP contribution in [0.2, 0.25) is 0 Å². The van der Waals surface area contributed by atoms with Gasteiger partial charge in [0.1, 0.15) is 73.2 Å². The van der Waals surface area contributed by atoms with Gasteiger partial charge in [0, 0.05) is 6.42 Å². The van der Waals surface area contributed by atoms with E-state index in [-0.39, 0.29) is 18.9 Å². The van der Waals surface area contributed by atoms with E-state index in [1.807, 2.05) is 6.08 Å². The number of aliphatic hydroxyl groups excluding tert-OH is 11. The normalized spacial score (nSPS) is 28.8. The molecule has 91 heavy (non-hydrogen) atoms. The van der Waals surface area contributed by atoms with Crippen LogP contribution in [-0.2, 0) is 33.2 Å². The SMILES string of the molecule is CC/C=C\C/C=C\C/C=C\C/C=C\C/C=C\C/C=C\C/C=C\C/C=C\C/C=C\C/C=C\C/C=C\CCCCCC(=O)NC(COC1OC(CO)C(OC2OC(CO)C(OC3OC(CO)C(O)C(O)C3O)C(O)C2O)C(O)C1O)C(O)/C=C/CCCCCCCCC. The maximum atomic E-state index is 13.3. The number of allylic oxidation sites excluding steroid dienone is 23. The van der Waals surface area contributed by atoms with Crippen molar-refractivity contribution in [3.05, 3.63) is 146 Å². The summed E-state index contributed by atoms with van der Waals surface area (Å²) < 4.78 is 34.2. The molecule has 3 aliphatic heterocycles. The topological polar surface area (TPSA) is 307 Å². The molecule has 0 aromatic heterocycles. The van der Waals surface area contributed by atoms with Crippen LogP contribution in [0.4, 0.5) is 0 Å². The minimum absolute atomic E-state index is 0.192. The molecular formula is C72H115NO18. The van der Waals surface area contributed by atoms with Crippen LogP contribution in [0.15, 0.2) is 146 Å². The molecule has 0 aromatic rings. The van der Waals surface area contributed by atoms with Crippen molar-refractivity contribution in [1.82, 2.24) is 5.32 Å². The predicted octanol–water partition coefficient (Wildman–Crippen LogP) is 8.37. The largest absolute Gasteiger partial charge is 0.394 e. The van der Waals surface area contributed by atoms with Gasteiger partial charge in [-0.2, -0.15) is 0 Å². The van der Waals surface area contributed by atoms with E-state index < -0.39 is 124 Å². The van der Waals surface area contributed by atoms with Crippen molar-refractivity contribution in [1.29, 1.82) is 0 Å². The number of unbranched alkanes of at least 4 members (excludes halogenated alkanes) is 10. The van der Waals surface area contributed by atoms with Gasteiger partial charge < -0.3 is 89.9 Å². The standard InChI is InChI=1S/C72H115NO18/c1-3-5-7-9-11-13-14-15-16-17-18-19-20-21-22-23-24-25-26-27-28-29-30-31-32-33-34-35-36-37-38-39-40-42-44-46-48-50-60(78)73-55(56(77)49-47-45-43-41-12-10-8-6-4-2)54-86-70-66(84)63(81)68(58(52-75)88-70)91-72-67(85)64(82)69(59(53-76)89-72)90-71-65(83)62(80)61(79)57(51-74)87-71/h5,7,11,13,15-16,18-19,21-22,24-25,27-28,30-31,33-34,36-37,39-40,47,49,55-59,61-72,74-77,79-85H,3-4,6,8-10,12,14,17,20,23,26,29,32,35,38,41-46,48,50-54H2,1-2H3,(H,73,78)/b7-5-,13-11-,16-15-,19-18-,22-21-,25-24-,28-27-,31-30-,34-33-,37-36-,40-39-,49-47+. The lowest BCUT2D eigenvalue weighted by Crippen LogP contribution is -2.66. The highest BCUT2D eigenvalue weighted by molar-refractivity contribution is 5.76. The van der Waals surface area contributed by atoms with Gasteiger partial charge >= 0.3 is 0 Å². The van der Waals surface area contributed by atoms with Gasteiger partial charge in [-0.15, -0.1) is 0 Å². The third kappa shape index (κ3) is 34.1. The fourth-order valence-electron chi connectivity index (χ4n) is 10.2. The molecule has 0 saturated carbocycles. The summed E-state index contributed by atoms with van der Waals surface area (Å²) in [5.74, 6) is -0.318. The van der Waals surface area contributed by atoms with Gasteiger partial charge in [0.05, 0.1) is 38.6 Å². The second-order valence-electron chi connectivity index (χ2n) is 23.2. The van der Waals surface area contributed by atoms with Crippen LogP contribution in [-0.4, -0.2) is 193 Å². The fraction of sp³-hybridized carbons (Fsp3) is 0.653. The number of carbonyl (C=O) groups is 1. The first-order valence-electron chi connectivity index (χ1n) is 33.6. The monoisotopic (exact) mass is 1280 g/mol. The molecule has 19 nitrogen and oxygen atoms in total. The van der Waals surface area contributed by atoms with Crippen LogP contribution in [0.5, 0.6) is 0 Å². The molecule has 17 atom stereocenters. The number of hydrogen-bond acceptors (Lipinski definition) is 18. The van der Waals surface area contributed by atoms with E-state index in [2.05, 4.69) is 153 Å². The molecule has 3 heterocycles. The zero-order valence-electron chi connectivity index (χ0n) is 54.2. The average Bonchev–Trinajstić information content (AvgIpc) is 0.826. The lowest BCUT2D eigenvalue weighted by Gasteiger charge is -2.48. The maximum Gasteiger partial charge on any atom is 0.220 e. The molecule has 0 spiro atoms. The van der Waals surface area contributed by atoms with Crippen LogP contribution in [0, 0.1) is 0 Å². The van der Waals surface area contributed by atoms with Crippen molar-refractivity contribution in [2.24, 2.45) is 0 Å². The molecule has 3 aliphatic rings. The molecule has 0 aromatic carbocycles. The fourth-order valence-corrected chi connectivity index (χ4v) is 10.2. The molecular weight excluding hydrogens is 1170 g/mol. The van der Waals surface area contributed by atoms with Gasteiger partial charge in [0.2, 0.25) is 5.91 Å². The lowest BCUT2D eigenvalue weighted by molar-refractivity contribution is -0.379. The van der Waals surface area contributed by atoms with Gasteiger partial charge in [-0.3, -0.25) is 4.79 Å². The zero-order chi connectivity index (χ0) is 66.1. The Labute approximate surface area is 542 Å². The number of amides is 1. The first-order chi connectivity index (χ1) is 44.3. The smallest absolute Gasteiger partial charge is 0.220 e. The molecule has 516 valence electrons. The van der Waals surface area contributed by atoms with Crippen molar-refractivity contribution in [2.45, 2.75) is 272 Å². The van der Waals surface area contributed by atoms with Gasteiger partial charge in [-0.25, -0.2) is 0 Å². The summed E-state index contributed by atoms with van der Waals surface area (Å²) in [5, 5.41) is 120. The van der Waals surface area contributed by atoms with Gasteiger partial charge in [0.25, 0.3) is 0 Å². The summed E-state index contributed by atoms with van der Waals surface area (Å²) in [7, 11) is 0. The summed E-state index contributed by atoms with van der Waals surface area (Å²) in [5.41, 5.74) is 0. The predicted molar refractivity (Wildman–Crippen MR) is 355 cm³/mol. The van der Waals surface area contributed by atoms with Gasteiger partial charge in [0.15, 0.2) is 18.9 Å². The number of carbonyl (C=O) groups excluding carboxylic acids is 1. The molecule has 1 amide bonds. The minimum atomic E-state index is -1.99. The van der Waals surface area contributed by atoms with E-state index in [0.29, 0.717) is 6.42 Å². The quantitative estimate of drug-likeness (QED) is 0.0201. The van der Waals surface area contributed by atoms with E-state index in [4.69, 9.17) is 28.4 Å². The van der Waals surface area contributed by atoms with E-state index in [1.54, 1.807) is 6.08 Å². The highest BCUT2D eigenvalue weighted by Crippen LogP contribution is 2.33. The Morgan fingerprint density at radius 2 is 0.758 bits per heavy atom. The van der Waals surface area contributed by atoms with Crippen LogP contribution in [0.25, 0.3) is 0 Å². The first-order valence-corrected chi connectivity index (χ1v) is 33.6. The molecule has 3 rings (SSSR count). The second-order valence-corrected chi connectivity index (χ2v) is 23.2. The molecule has 0 bridgehead atoms.